The SMILES string of the molecule is Cn1cc(C23CC4CC(CC(C4)C2)C3)nc1CN. The average molecular weight is 245 g/mol. The number of aromatic nitrogens is 2. The van der Waals surface area contributed by atoms with Crippen LogP contribution in [0.2, 0.25) is 0 Å². The predicted octanol–water partition coefficient (Wildman–Crippen LogP) is 2.35. The number of imidazole rings is 1. The van der Waals surface area contributed by atoms with E-state index < -0.39 is 0 Å². The molecule has 0 spiro atoms. The molecule has 5 rings (SSSR count). The number of hydrogen-bond donors (Lipinski definition) is 1. The van der Waals surface area contributed by atoms with Crippen LogP contribution in [0.3, 0.4) is 0 Å². The molecule has 3 heteroatoms. The fourth-order valence-electron chi connectivity index (χ4n) is 5.37. The lowest BCUT2D eigenvalue weighted by Gasteiger charge is -2.56. The largest absolute Gasteiger partial charge is 0.337 e. The zero-order valence-electron chi connectivity index (χ0n) is 11.2. The Bertz CT molecular complexity index is 439. The van der Waals surface area contributed by atoms with Gasteiger partial charge < -0.3 is 10.3 Å². The Kier molecular flexibility index (Phi) is 2.20. The smallest absolute Gasteiger partial charge is 0.122 e. The molecule has 0 amide bonds. The first kappa shape index (κ1) is 11.0. The molecular weight excluding hydrogens is 222 g/mol. The molecule has 1 aromatic rings. The van der Waals surface area contributed by atoms with Crippen LogP contribution in [0.1, 0.15) is 50.0 Å². The van der Waals surface area contributed by atoms with Gasteiger partial charge in [-0.05, 0) is 56.3 Å². The molecule has 2 N–H and O–H groups in total. The first-order chi connectivity index (χ1) is 8.68. The van der Waals surface area contributed by atoms with E-state index in [2.05, 4.69) is 17.8 Å². The summed E-state index contributed by atoms with van der Waals surface area (Å²) in [6, 6.07) is 0. The predicted molar refractivity (Wildman–Crippen MR) is 70.9 cm³/mol. The average Bonchev–Trinajstić information content (AvgIpc) is 2.69. The third-order valence-electron chi connectivity index (χ3n) is 5.74. The Morgan fingerprint density at radius 3 is 2.22 bits per heavy atom. The molecular formula is C15H23N3. The van der Waals surface area contributed by atoms with Crippen LogP contribution in [0, 0.1) is 17.8 Å². The Hall–Kier alpha value is -0.830. The van der Waals surface area contributed by atoms with Crippen molar-refractivity contribution in [3.05, 3.63) is 17.7 Å². The lowest BCUT2D eigenvalue weighted by Crippen LogP contribution is -2.48. The van der Waals surface area contributed by atoms with E-state index in [1.165, 1.54) is 44.2 Å². The van der Waals surface area contributed by atoms with Crippen LogP contribution in [-0.4, -0.2) is 9.55 Å². The van der Waals surface area contributed by atoms with Crippen molar-refractivity contribution in [3.8, 4) is 0 Å². The fraction of sp³-hybridized carbons (Fsp3) is 0.800. The maximum absolute atomic E-state index is 5.77. The lowest BCUT2D eigenvalue weighted by molar-refractivity contribution is -0.00709. The molecule has 98 valence electrons. The van der Waals surface area contributed by atoms with Crippen LogP contribution >= 0.6 is 0 Å². The zero-order valence-corrected chi connectivity index (χ0v) is 11.2. The van der Waals surface area contributed by atoms with E-state index in [9.17, 15) is 0 Å². The van der Waals surface area contributed by atoms with Gasteiger partial charge in [0.2, 0.25) is 0 Å². The summed E-state index contributed by atoms with van der Waals surface area (Å²) in [5, 5.41) is 0. The number of rotatable bonds is 2. The van der Waals surface area contributed by atoms with E-state index >= 15 is 0 Å². The first-order valence-corrected chi connectivity index (χ1v) is 7.41. The van der Waals surface area contributed by atoms with Crippen molar-refractivity contribution in [2.75, 3.05) is 0 Å². The minimum absolute atomic E-state index is 0.417. The van der Waals surface area contributed by atoms with E-state index in [1.807, 2.05) is 0 Å². The van der Waals surface area contributed by atoms with Crippen LogP contribution in [0.25, 0.3) is 0 Å². The first-order valence-electron chi connectivity index (χ1n) is 7.41. The molecule has 0 unspecified atom stereocenters. The summed E-state index contributed by atoms with van der Waals surface area (Å²) in [5.74, 6) is 4.00. The second-order valence-electron chi connectivity index (χ2n) is 7.06. The molecule has 3 nitrogen and oxygen atoms in total. The molecule has 0 aromatic carbocycles. The summed E-state index contributed by atoms with van der Waals surface area (Å²) >= 11 is 0. The van der Waals surface area contributed by atoms with E-state index in [4.69, 9.17) is 10.7 Å². The Morgan fingerprint density at radius 1 is 1.22 bits per heavy atom. The topological polar surface area (TPSA) is 43.8 Å². The molecule has 0 aliphatic heterocycles. The van der Waals surface area contributed by atoms with Gasteiger partial charge in [0.1, 0.15) is 5.82 Å². The van der Waals surface area contributed by atoms with Gasteiger partial charge in [-0.15, -0.1) is 0 Å². The summed E-state index contributed by atoms with van der Waals surface area (Å²) in [6.45, 7) is 0.558. The van der Waals surface area contributed by atoms with E-state index in [-0.39, 0.29) is 0 Å². The van der Waals surface area contributed by atoms with Crippen molar-refractivity contribution in [3.63, 3.8) is 0 Å². The van der Waals surface area contributed by atoms with Gasteiger partial charge in [0, 0.05) is 18.7 Å². The molecule has 1 aromatic heterocycles. The Morgan fingerprint density at radius 2 is 1.78 bits per heavy atom. The second kappa shape index (κ2) is 3.60. The van der Waals surface area contributed by atoms with E-state index in [0.29, 0.717) is 12.0 Å². The molecule has 0 atom stereocenters. The molecule has 4 aliphatic carbocycles. The minimum atomic E-state index is 0.417. The monoisotopic (exact) mass is 245 g/mol. The van der Waals surface area contributed by atoms with Crippen molar-refractivity contribution in [1.82, 2.24) is 9.55 Å². The van der Waals surface area contributed by atoms with Gasteiger partial charge in [0.25, 0.3) is 0 Å². The lowest BCUT2D eigenvalue weighted by atomic mass is 9.49. The number of hydrogen-bond acceptors (Lipinski definition) is 2. The van der Waals surface area contributed by atoms with Crippen LogP contribution in [-0.2, 0) is 19.0 Å². The number of nitrogens with zero attached hydrogens (tertiary/aromatic N) is 2. The Balaban J connectivity index is 1.74. The van der Waals surface area contributed by atoms with Gasteiger partial charge in [-0.2, -0.15) is 0 Å². The molecule has 1 heterocycles. The van der Waals surface area contributed by atoms with Gasteiger partial charge >= 0.3 is 0 Å². The normalized spacial score (nSPS) is 41.6. The van der Waals surface area contributed by atoms with Gasteiger partial charge in [0.05, 0.1) is 12.2 Å². The summed E-state index contributed by atoms with van der Waals surface area (Å²) < 4.78 is 2.13. The standard InChI is InChI=1S/C15H23N3/c1-18-9-13(17-14(18)8-16)15-5-10-2-11(6-15)4-12(3-10)7-15/h9-12H,2-8,16H2,1H3. The van der Waals surface area contributed by atoms with Gasteiger partial charge in [-0.1, -0.05) is 0 Å². The molecule has 0 saturated heterocycles. The van der Waals surface area contributed by atoms with Crippen LogP contribution in [0.15, 0.2) is 6.20 Å². The highest BCUT2D eigenvalue weighted by molar-refractivity contribution is 5.22. The number of aryl methyl sites for hydroxylation is 1. The van der Waals surface area contributed by atoms with E-state index in [0.717, 1.165) is 23.6 Å². The summed E-state index contributed by atoms with van der Waals surface area (Å²) in [6.07, 6.45) is 10.9. The summed E-state index contributed by atoms with van der Waals surface area (Å²) in [5.41, 5.74) is 7.54. The van der Waals surface area contributed by atoms with E-state index in [1.54, 1.807) is 0 Å². The fourth-order valence-corrected chi connectivity index (χ4v) is 5.37. The van der Waals surface area contributed by atoms with Gasteiger partial charge in [-0.3, -0.25) is 0 Å². The Labute approximate surface area is 109 Å². The highest BCUT2D eigenvalue weighted by Gasteiger charge is 2.52. The highest BCUT2D eigenvalue weighted by atomic mass is 15.1. The van der Waals surface area contributed by atoms with Crippen molar-refractivity contribution < 1.29 is 0 Å². The second-order valence-corrected chi connectivity index (χ2v) is 7.06. The molecule has 4 saturated carbocycles. The molecule has 4 aliphatic rings. The van der Waals surface area contributed by atoms with Crippen LogP contribution in [0.5, 0.6) is 0 Å². The zero-order chi connectivity index (χ0) is 12.3. The molecule has 4 bridgehead atoms. The third-order valence-corrected chi connectivity index (χ3v) is 5.74. The maximum atomic E-state index is 5.77. The molecule has 4 fully saturated rings. The third kappa shape index (κ3) is 1.43. The molecule has 18 heavy (non-hydrogen) atoms. The maximum Gasteiger partial charge on any atom is 0.122 e. The van der Waals surface area contributed by atoms with Crippen molar-refractivity contribution in [1.29, 1.82) is 0 Å². The van der Waals surface area contributed by atoms with Crippen LogP contribution < -0.4 is 5.73 Å². The van der Waals surface area contributed by atoms with Crippen LogP contribution in [0.4, 0.5) is 0 Å². The minimum Gasteiger partial charge on any atom is -0.337 e. The summed E-state index contributed by atoms with van der Waals surface area (Å²) in [4.78, 5) is 4.86. The molecule has 0 radical (unpaired) electrons. The highest BCUT2D eigenvalue weighted by Crippen LogP contribution is 2.60. The van der Waals surface area contributed by atoms with Crippen molar-refractivity contribution in [2.24, 2.45) is 30.5 Å². The number of nitrogens with two attached hydrogens (primary N) is 1. The van der Waals surface area contributed by atoms with Crippen molar-refractivity contribution in [2.45, 2.75) is 50.5 Å². The van der Waals surface area contributed by atoms with Gasteiger partial charge in [0.15, 0.2) is 0 Å². The summed E-state index contributed by atoms with van der Waals surface area (Å²) in [7, 11) is 2.08. The van der Waals surface area contributed by atoms with Crippen molar-refractivity contribution >= 4 is 0 Å². The van der Waals surface area contributed by atoms with Gasteiger partial charge in [-0.25, -0.2) is 4.98 Å². The quantitative estimate of drug-likeness (QED) is 0.869.